The molecule has 0 spiro atoms. The lowest BCUT2D eigenvalue weighted by Gasteiger charge is -2.23. The minimum Gasteiger partial charge on any atom is -0.450 e. The van der Waals surface area contributed by atoms with Crippen molar-refractivity contribution in [1.82, 2.24) is 16.0 Å². The highest BCUT2D eigenvalue weighted by molar-refractivity contribution is 5.80. The molecule has 0 saturated carbocycles. The van der Waals surface area contributed by atoms with Crippen LogP contribution in [-0.4, -0.2) is 38.3 Å². The van der Waals surface area contributed by atoms with Crippen molar-refractivity contribution in [3.8, 4) is 0 Å². The van der Waals surface area contributed by atoms with E-state index in [1.165, 1.54) is 5.56 Å². The quantitative estimate of drug-likeness (QED) is 0.498. The van der Waals surface area contributed by atoms with Crippen LogP contribution in [0.15, 0.2) is 35.3 Å². The Hall–Kier alpha value is -2.24. The van der Waals surface area contributed by atoms with Crippen molar-refractivity contribution >= 4 is 12.1 Å². The molecule has 0 radical (unpaired) electrons. The molecule has 1 rings (SSSR count). The lowest BCUT2D eigenvalue weighted by atomic mass is 10.0. The normalized spacial score (nSPS) is 13.9. The molecular weight excluding hydrogens is 316 g/mol. The van der Waals surface area contributed by atoms with Crippen LogP contribution in [0.1, 0.15) is 45.7 Å². The van der Waals surface area contributed by atoms with Gasteiger partial charge in [0.25, 0.3) is 0 Å². The molecule has 0 bridgehead atoms. The summed E-state index contributed by atoms with van der Waals surface area (Å²) in [7, 11) is 1.74. The molecule has 6 nitrogen and oxygen atoms in total. The number of rotatable bonds is 8. The standard InChI is InChI=1S/C19H32N4O2/c1-6-25-19(24)23-17(12-14(2)3)13-21-18(20-5)22-15(4)16-10-8-7-9-11-16/h7-11,14-15,17H,6,12-13H2,1-5H3,(H,23,24)(H2,20,21,22). The van der Waals surface area contributed by atoms with Crippen molar-refractivity contribution in [3.63, 3.8) is 0 Å². The molecular formula is C19H32N4O2. The van der Waals surface area contributed by atoms with Crippen LogP contribution in [0.5, 0.6) is 0 Å². The Bertz CT molecular complexity index is 531. The number of benzene rings is 1. The first-order valence-electron chi connectivity index (χ1n) is 8.91. The van der Waals surface area contributed by atoms with Gasteiger partial charge >= 0.3 is 6.09 Å². The fourth-order valence-electron chi connectivity index (χ4n) is 2.55. The smallest absolute Gasteiger partial charge is 0.407 e. The van der Waals surface area contributed by atoms with E-state index >= 15 is 0 Å². The molecule has 6 heteroatoms. The third kappa shape index (κ3) is 8.42. The van der Waals surface area contributed by atoms with Gasteiger partial charge < -0.3 is 20.7 Å². The first-order valence-corrected chi connectivity index (χ1v) is 8.91. The van der Waals surface area contributed by atoms with E-state index in [0.717, 1.165) is 6.42 Å². The van der Waals surface area contributed by atoms with E-state index in [1.54, 1.807) is 14.0 Å². The Morgan fingerprint density at radius 3 is 2.40 bits per heavy atom. The lowest BCUT2D eigenvalue weighted by Crippen LogP contribution is -2.48. The van der Waals surface area contributed by atoms with Gasteiger partial charge in [0.2, 0.25) is 0 Å². The number of carbonyl (C=O) groups excluding carboxylic acids is 1. The molecule has 1 aromatic rings. The van der Waals surface area contributed by atoms with Crippen molar-refractivity contribution in [2.75, 3.05) is 20.2 Å². The number of nitrogens with one attached hydrogen (secondary N) is 3. The summed E-state index contributed by atoms with van der Waals surface area (Å²) in [5.41, 5.74) is 1.19. The van der Waals surface area contributed by atoms with E-state index in [4.69, 9.17) is 4.74 Å². The van der Waals surface area contributed by atoms with Gasteiger partial charge in [0.1, 0.15) is 0 Å². The number of carbonyl (C=O) groups is 1. The maximum absolute atomic E-state index is 11.7. The topological polar surface area (TPSA) is 74.8 Å². The SMILES string of the molecule is CCOC(=O)NC(CNC(=NC)NC(C)c1ccccc1)CC(C)C. The molecule has 25 heavy (non-hydrogen) atoms. The van der Waals surface area contributed by atoms with Gasteiger partial charge in [-0.2, -0.15) is 0 Å². The average Bonchev–Trinajstić information content (AvgIpc) is 2.58. The van der Waals surface area contributed by atoms with Crippen LogP contribution in [0.3, 0.4) is 0 Å². The van der Waals surface area contributed by atoms with Gasteiger partial charge in [0, 0.05) is 19.6 Å². The summed E-state index contributed by atoms with van der Waals surface area (Å²) in [6.07, 6.45) is 0.479. The summed E-state index contributed by atoms with van der Waals surface area (Å²) in [4.78, 5) is 16.0. The molecule has 0 heterocycles. The molecule has 0 aliphatic heterocycles. The zero-order chi connectivity index (χ0) is 18.7. The van der Waals surface area contributed by atoms with Gasteiger partial charge in [-0.3, -0.25) is 4.99 Å². The third-order valence-corrected chi connectivity index (χ3v) is 3.75. The predicted molar refractivity (Wildman–Crippen MR) is 103 cm³/mol. The van der Waals surface area contributed by atoms with Gasteiger partial charge in [0.15, 0.2) is 5.96 Å². The maximum Gasteiger partial charge on any atom is 0.407 e. The maximum atomic E-state index is 11.7. The van der Waals surface area contributed by atoms with Gasteiger partial charge in [-0.1, -0.05) is 44.2 Å². The Morgan fingerprint density at radius 1 is 1.16 bits per heavy atom. The number of ether oxygens (including phenoxy) is 1. The molecule has 2 atom stereocenters. The highest BCUT2D eigenvalue weighted by atomic mass is 16.5. The molecule has 0 saturated heterocycles. The van der Waals surface area contributed by atoms with Gasteiger partial charge in [-0.25, -0.2) is 4.79 Å². The fraction of sp³-hybridized carbons (Fsp3) is 0.579. The molecule has 0 aromatic heterocycles. The molecule has 0 aliphatic carbocycles. The molecule has 2 unspecified atom stereocenters. The van der Waals surface area contributed by atoms with E-state index in [1.807, 2.05) is 18.2 Å². The number of hydrogen-bond donors (Lipinski definition) is 3. The zero-order valence-electron chi connectivity index (χ0n) is 16.0. The number of nitrogens with zero attached hydrogens (tertiary/aromatic N) is 1. The molecule has 1 aromatic carbocycles. The Morgan fingerprint density at radius 2 is 1.84 bits per heavy atom. The molecule has 0 aliphatic rings. The van der Waals surface area contributed by atoms with Gasteiger partial charge in [-0.05, 0) is 31.7 Å². The van der Waals surface area contributed by atoms with Crippen LogP contribution in [-0.2, 0) is 4.74 Å². The lowest BCUT2D eigenvalue weighted by molar-refractivity contribution is 0.146. The molecule has 0 fully saturated rings. The van der Waals surface area contributed by atoms with Crippen LogP contribution in [0.25, 0.3) is 0 Å². The zero-order valence-corrected chi connectivity index (χ0v) is 16.0. The van der Waals surface area contributed by atoms with Crippen LogP contribution >= 0.6 is 0 Å². The summed E-state index contributed by atoms with van der Waals surface area (Å²) in [5, 5.41) is 9.56. The molecule has 1 amide bonds. The average molecular weight is 348 g/mol. The van der Waals surface area contributed by atoms with E-state index in [-0.39, 0.29) is 18.2 Å². The van der Waals surface area contributed by atoms with Crippen LogP contribution in [0.2, 0.25) is 0 Å². The summed E-state index contributed by atoms with van der Waals surface area (Å²) < 4.78 is 4.99. The van der Waals surface area contributed by atoms with E-state index in [0.29, 0.717) is 25.0 Å². The number of aliphatic imine (C=N–C) groups is 1. The molecule has 140 valence electrons. The number of guanidine groups is 1. The second kappa shape index (κ2) is 11.3. The van der Waals surface area contributed by atoms with Gasteiger partial charge in [-0.15, -0.1) is 0 Å². The summed E-state index contributed by atoms with van der Waals surface area (Å²) >= 11 is 0. The van der Waals surface area contributed by atoms with Crippen LogP contribution < -0.4 is 16.0 Å². The monoisotopic (exact) mass is 348 g/mol. The Kier molecular flexibility index (Phi) is 9.43. The highest BCUT2D eigenvalue weighted by Crippen LogP contribution is 2.10. The first-order chi connectivity index (χ1) is 12.0. The minimum atomic E-state index is -0.379. The second-order valence-corrected chi connectivity index (χ2v) is 6.42. The van der Waals surface area contributed by atoms with Crippen LogP contribution in [0.4, 0.5) is 4.79 Å². The summed E-state index contributed by atoms with van der Waals surface area (Å²) in [6, 6.07) is 10.3. The van der Waals surface area contributed by atoms with E-state index < -0.39 is 0 Å². The molecule has 3 N–H and O–H groups in total. The van der Waals surface area contributed by atoms with Gasteiger partial charge in [0.05, 0.1) is 12.6 Å². The fourth-order valence-corrected chi connectivity index (χ4v) is 2.55. The number of alkyl carbamates (subject to hydrolysis) is 1. The highest BCUT2D eigenvalue weighted by Gasteiger charge is 2.16. The second-order valence-electron chi connectivity index (χ2n) is 6.42. The van der Waals surface area contributed by atoms with Crippen molar-refractivity contribution in [3.05, 3.63) is 35.9 Å². The van der Waals surface area contributed by atoms with Crippen molar-refractivity contribution in [2.45, 2.75) is 46.2 Å². The Labute approximate surface area is 151 Å². The number of amides is 1. The van der Waals surface area contributed by atoms with Crippen LogP contribution in [0, 0.1) is 5.92 Å². The predicted octanol–water partition coefficient (Wildman–Crippen LogP) is 3.07. The Balaban J connectivity index is 2.57. The summed E-state index contributed by atoms with van der Waals surface area (Å²) in [6.45, 7) is 9.09. The van der Waals surface area contributed by atoms with E-state index in [9.17, 15) is 4.79 Å². The van der Waals surface area contributed by atoms with Crippen molar-refractivity contribution in [1.29, 1.82) is 0 Å². The third-order valence-electron chi connectivity index (χ3n) is 3.75. The summed E-state index contributed by atoms with van der Waals surface area (Å²) in [5.74, 6) is 1.17. The van der Waals surface area contributed by atoms with Crippen molar-refractivity contribution < 1.29 is 9.53 Å². The van der Waals surface area contributed by atoms with Crippen molar-refractivity contribution in [2.24, 2.45) is 10.9 Å². The largest absolute Gasteiger partial charge is 0.450 e. The first kappa shape index (κ1) is 20.8. The number of hydrogen-bond acceptors (Lipinski definition) is 3. The van der Waals surface area contributed by atoms with E-state index in [2.05, 4.69) is 53.8 Å². The minimum absolute atomic E-state index is 0.0235.